The Morgan fingerprint density at radius 2 is 2.00 bits per heavy atom. The number of hydrogen-bond acceptors (Lipinski definition) is 7. The lowest BCUT2D eigenvalue weighted by atomic mass is 10.2. The molecular formula is C20H15F3N6O2S. The number of thiazole rings is 1. The molecule has 0 unspecified atom stereocenters. The molecule has 0 amide bonds. The minimum atomic E-state index is -4.75. The molecule has 0 atom stereocenters. The largest absolute Gasteiger partial charge is 0.573 e. The Kier molecular flexibility index (Phi) is 4.81. The van der Waals surface area contributed by atoms with Crippen LogP contribution in [0.3, 0.4) is 0 Å². The van der Waals surface area contributed by atoms with E-state index in [0.717, 1.165) is 15.4 Å². The minimum absolute atomic E-state index is 0.109. The molecule has 0 aliphatic carbocycles. The quantitative estimate of drug-likeness (QED) is 0.447. The Morgan fingerprint density at radius 1 is 1.22 bits per heavy atom. The lowest BCUT2D eigenvalue weighted by Crippen LogP contribution is -2.24. The van der Waals surface area contributed by atoms with Gasteiger partial charge >= 0.3 is 6.36 Å². The van der Waals surface area contributed by atoms with Gasteiger partial charge in [-0.3, -0.25) is 4.79 Å². The molecule has 0 radical (unpaired) electrons. The van der Waals surface area contributed by atoms with Gasteiger partial charge in [0.2, 0.25) is 0 Å². The fourth-order valence-corrected chi connectivity index (χ4v) is 4.69. The van der Waals surface area contributed by atoms with Gasteiger partial charge in [0.1, 0.15) is 16.3 Å². The third kappa shape index (κ3) is 3.77. The van der Waals surface area contributed by atoms with Crippen LogP contribution in [0.4, 0.5) is 13.2 Å². The third-order valence-corrected chi connectivity index (χ3v) is 6.08. The van der Waals surface area contributed by atoms with Gasteiger partial charge in [0, 0.05) is 18.9 Å². The van der Waals surface area contributed by atoms with Crippen LogP contribution >= 0.6 is 11.3 Å². The van der Waals surface area contributed by atoms with Gasteiger partial charge < -0.3 is 9.30 Å². The Balaban J connectivity index is 1.45. The number of hydrogen-bond donors (Lipinski definition) is 0. The molecule has 3 aromatic heterocycles. The van der Waals surface area contributed by atoms with Crippen LogP contribution in [-0.2, 0) is 20.0 Å². The molecule has 1 aromatic carbocycles. The maximum absolute atomic E-state index is 13.1. The first-order valence-electron chi connectivity index (χ1n) is 9.53. The number of nitrogens with zero attached hydrogens (tertiary/aromatic N) is 6. The Hall–Kier alpha value is -3.54. The predicted molar refractivity (Wildman–Crippen MR) is 112 cm³/mol. The van der Waals surface area contributed by atoms with Crippen molar-refractivity contribution in [2.75, 3.05) is 6.54 Å². The Morgan fingerprint density at radius 3 is 2.69 bits per heavy atom. The summed E-state index contributed by atoms with van der Waals surface area (Å²) in [7, 11) is 1.78. The second-order valence-electron chi connectivity index (χ2n) is 7.18. The van der Waals surface area contributed by atoms with Gasteiger partial charge in [-0.1, -0.05) is 12.1 Å². The number of fused-ring (bicyclic) bond motifs is 3. The zero-order valence-corrected chi connectivity index (χ0v) is 17.4. The number of halogens is 3. The van der Waals surface area contributed by atoms with Crippen LogP contribution in [0.2, 0.25) is 0 Å². The van der Waals surface area contributed by atoms with Crippen LogP contribution in [-0.4, -0.2) is 32.2 Å². The van der Waals surface area contributed by atoms with Crippen molar-refractivity contribution in [3.63, 3.8) is 0 Å². The number of benzene rings is 1. The molecule has 12 heteroatoms. The average molecular weight is 460 g/mol. The van der Waals surface area contributed by atoms with Gasteiger partial charge in [0.15, 0.2) is 5.65 Å². The van der Waals surface area contributed by atoms with Gasteiger partial charge in [-0.05, 0) is 23.8 Å². The number of aromatic nitrogens is 4. The molecule has 4 heterocycles. The highest BCUT2D eigenvalue weighted by Crippen LogP contribution is 2.32. The zero-order chi connectivity index (χ0) is 22.5. The van der Waals surface area contributed by atoms with Crippen LogP contribution in [0.25, 0.3) is 21.3 Å². The van der Waals surface area contributed by atoms with Crippen LogP contribution in [0.1, 0.15) is 10.6 Å². The van der Waals surface area contributed by atoms with Crippen LogP contribution in [0.15, 0.2) is 57.3 Å². The molecule has 0 fully saturated rings. The molecule has 164 valence electrons. The third-order valence-electron chi connectivity index (χ3n) is 5.00. The van der Waals surface area contributed by atoms with E-state index in [-0.39, 0.29) is 17.9 Å². The number of aryl methyl sites for hydroxylation is 1. The first-order chi connectivity index (χ1) is 15.3. The lowest BCUT2D eigenvalue weighted by Gasteiger charge is -2.10. The molecule has 32 heavy (non-hydrogen) atoms. The average Bonchev–Trinajstić information content (AvgIpc) is 3.44. The van der Waals surface area contributed by atoms with Crippen molar-refractivity contribution in [1.29, 1.82) is 0 Å². The molecule has 1 aliphatic rings. The summed E-state index contributed by atoms with van der Waals surface area (Å²) in [6, 6.07) is 5.34. The van der Waals surface area contributed by atoms with Crippen molar-refractivity contribution in [2.45, 2.75) is 19.3 Å². The summed E-state index contributed by atoms with van der Waals surface area (Å²) < 4.78 is 44.7. The molecular weight excluding hydrogens is 445 g/mol. The zero-order valence-electron chi connectivity index (χ0n) is 16.6. The predicted octanol–water partition coefficient (Wildman–Crippen LogP) is 4.18. The number of ether oxygens (including phenoxy) is 1. The van der Waals surface area contributed by atoms with Crippen molar-refractivity contribution in [2.24, 2.45) is 17.3 Å². The summed E-state index contributed by atoms with van der Waals surface area (Å²) >= 11 is 1.49. The molecule has 4 aromatic rings. The standard InChI is InChI=1S/C20H15F3N6O2S/c1-28-16-14(17-18(28)26-15(32-17)8-12-6-7-24-27-12)9-25-29(19(16)30)10-11-2-4-13(5-3-11)31-20(21,22)23/h2-6,9H,7-8,10H2,1H3. The monoisotopic (exact) mass is 460 g/mol. The Labute approximate surface area is 182 Å². The summed E-state index contributed by atoms with van der Waals surface area (Å²) in [4.78, 5) is 17.7. The van der Waals surface area contributed by atoms with Crippen molar-refractivity contribution in [3.8, 4) is 5.75 Å². The molecule has 0 saturated carbocycles. The highest BCUT2D eigenvalue weighted by molar-refractivity contribution is 7.19. The summed E-state index contributed by atoms with van der Waals surface area (Å²) in [6.07, 6.45) is -0.595. The second-order valence-corrected chi connectivity index (χ2v) is 8.26. The van der Waals surface area contributed by atoms with Crippen LogP contribution in [0, 0.1) is 0 Å². The van der Waals surface area contributed by atoms with Gasteiger partial charge in [-0.15, -0.1) is 24.5 Å². The van der Waals surface area contributed by atoms with Crippen LogP contribution < -0.4 is 10.3 Å². The first kappa shape index (κ1) is 20.4. The van der Waals surface area contributed by atoms with Crippen molar-refractivity contribution in [1.82, 2.24) is 19.3 Å². The SMILES string of the molecule is Cn1c2nc(CC3=CCN=N3)sc2c2cnn(Cc3ccc(OC(F)(F)F)cc3)c(=O)c21. The fraction of sp³-hybridized carbons (Fsp3) is 0.250. The van der Waals surface area contributed by atoms with E-state index < -0.39 is 6.36 Å². The molecule has 0 N–H and O–H groups in total. The van der Waals surface area contributed by atoms with E-state index >= 15 is 0 Å². The van der Waals surface area contributed by atoms with Gasteiger partial charge in [0.25, 0.3) is 5.56 Å². The number of alkyl halides is 3. The van der Waals surface area contributed by atoms with E-state index in [4.69, 9.17) is 0 Å². The Bertz CT molecular complexity index is 1450. The van der Waals surface area contributed by atoms with E-state index in [1.807, 2.05) is 6.08 Å². The molecule has 8 nitrogen and oxygen atoms in total. The molecule has 0 bridgehead atoms. The highest BCUT2D eigenvalue weighted by atomic mass is 32.1. The second kappa shape index (κ2) is 7.55. The van der Waals surface area contributed by atoms with E-state index in [1.165, 1.54) is 40.3 Å². The van der Waals surface area contributed by atoms with Gasteiger partial charge in [-0.25, -0.2) is 9.67 Å². The van der Waals surface area contributed by atoms with Crippen LogP contribution in [0.5, 0.6) is 5.75 Å². The number of rotatable bonds is 5. The van der Waals surface area contributed by atoms with Crippen molar-refractivity contribution >= 4 is 32.6 Å². The highest BCUT2D eigenvalue weighted by Gasteiger charge is 2.31. The molecule has 0 saturated heterocycles. The van der Waals surface area contributed by atoms with Gasteiger partial charge in [0.05, 0.1) is 29.7 Å². The smallest absolute Gasteiger partial charge is 0.406 e. The topological polar surface area (TPSA) is 86.7 Å². The maximum Gasteiger partial charge on any atom is 0.573 e. The summed E-state index contributed by atoms with van der Waals surface area (Å²) in [6.45, 7) is 0.697. The lowest BCUT2D eigenvalue weighted by molar-refractivity contribution is -0.274. The number of azo groups is 1. The molecule has 0 spiro atoms. The van der Waals surface area contributed by atoms with E-state index in [0.29, 0.717) is 35.1 Å². The first-order valence-corrected chi connectivity index (χ1v) is 10.4. The molecule has 1 aliphatic heterocycles. The van der Waals surface area contributed by atoms with Crippen molar-refractivity contribution in [3.05, 3.63) is 63.2 Å². The van der Waals surface area contributed by atoms with Gasteiger partial charge in [-0.2, -0.15) is 15.3 Å². The van der Waals surface area contributed by atoms with E-state index in [9.17, 15) is 18.0 Å². The minimum Gasteiger partial charge on any atom is -0.406 e. The maximum atomic E-state index is 13.1. The van der Waals surface area contributed by atoms with E-state index in [2.05, 4.69) is 25.0 Å². The molecule has 5 rings (SSSR count). The summed E-state index contributed by atoms with van der Waals surface area (Å²) in [5.74, 6) is -0.323. The van der Waals surface area contributed by atoms with E-state index in [1.54, 1.807) is 17.8 Å². The summed E-state index contributed by atoms with van der Waals surface area (Å²) in [5, 5.41) is 13.9. The normalized spacial score (nSPS) is 13.9. The summed E-state index contributed by atoms with van der Waals surface area (Å²) in [5.41, 5.74) is 2.35. The number of allylic oxidation sites excluding steroid dienone is 1. The van der Waals surface area contributed by atoms with Crippen molar-refractivity contribution < 1.29 is 17.9 Å². The fourth-order valence-electron chi connectivity index (χ4n) is 3.57.